The van der Waals surface area contributed by atoms with E-state index in [2.05, 4.69) is 10.2 Å². The monoisotopic (exact) mass is 238 g/mol. The van der Waals surface area contributed by atoms with Gasteiger partial charge in [-0.2, -0.15) is 5.10 Å². The van der Waals surface area contributed by atoms with Gasteiger partial charge in [-0.25, -0.2) is 4.79 Å². The van der Waals surface area contributed by atoms with Gasteiger partial charge in [0.25, 0.3) is 0 Å². The molecule has 1 aromatic heterocycles. The van der Waals surface area contributed by atoms with Gasteiger partial charge in [-0.15, -0.1) is 0 Å². The van der Waals surface area contributed by atoms with E-state index in [1.54, 1.807) is 0 Å². The molecule has 5 nitrogen and oxygen atoms in total. The van der Waals surface area contributed by atoms with Crippen molar-refractivity contribution in [3.8, 4) is 0 Å². The molecular formula is C12H18N2O3. The number of ether oxygens (including phenoxy) is 1. The van der Waals surface area contributed by atoms with Crippen molar-refractivity contribution in [3.63, 3.8) is 0 Å². The van der Waals surface area contributed by atoms with E-state index in [1.165, 1.54) is 12.7 Å². The molecule has 1 aliphatic carbocycles. The minimum atomic E-state index is -0.952. The Hall–Kier alpha value is -1.36. The Labute approximate surface area is 100 Å². The maximum atomic E-state index is 11.2. The molecule has 17 heavy (non-hydrogen) atoms. The van der Waals surface area contributed by atoms with Crippen LogP contribution in [0.4, 0.5) is 0 Å². The second-order valence-electron chi connectivity index (χ2n) is 5.06. The van der Waals surface area contributed by atoms with Crippen LogP contribution in [0.2, 0.25) is 0 Å². The maximum absolute atomic E-state index is 11.2. The third kappa shape index (κ3) is 1.84. The zero-order chi connectivity index (χ0) is 12.6. The van der Waals surface area contributed by atoms with Crippen LogP contribution in [-0.2, 0) is 27.8 Å². The number of aliphatic carboxylic acids is 1. The van der Waals surface area contributed by atoms with E-state index < -0.39 is 17.5 Å². The molecule has 0 aromatic carbocycles. The van der Waals surface area contributed by atoms with Gasteiger partial charge < -0.3 is 9.84 Å². The maximum Gasteiger partial charge on any atom is 0.333 e. The van der Waals surface area contributed by atoms with Gasteiger partial charge in [-0.1, -0.05) is 13.8 Å². The van der Waals surface area contributed by atoms with Crippen LogP contribution in [0.25, 0.3) is 0 Å². The molecule has 0 radical (unpaired) electrons. The van der Waals surface area contributed by atoms with E-state index in [0.717, 1.165) is 30.7 Å². The van der Waals surface area contributed by atoms with E-state index in [4.69, 9.17) is 4.74 Å². The molecule has 1 unspecified atom stereocenters. The molecule has 2 rings (SSSR count). The zero-order valence-electron chi connectivity index (χ0n) is 10.4. The number of methoxy groups -OCH3 is 1. The lowest BCUT2D eigenvalue weighted by molar-refractivity contribution is -0.152. The lowest BCUT2D eigenvalue weighted by Crippen LogP contribution is -2.42. The van der Waals surface area contributed by atoms with Gasteiger partial charge in [-0.05, 0) is 24.8 Å². The summed E-state index contributed by atoms with van der Waals surface area (Å²) in [5.41, 5.74) is 2.53. The number of H-pyrrole nitrogens is 1. The van der Waals surface area contributed by atoms with Crippen molar-refractivity contribution in [3.05, 3.63) is 17.0 Å². The van der Waals surface area contributed by atoms with Crippen LogP contribution >= 0.6 is 0 Å². The molecule has 0 saturated heterocycles. The molecule has 1 aliphatic rings. The fourth-order valence-corrected chi connectivity index (χ4v) is 2.68. The fraction of sp³-hybridized carbons (Fsp3) is 0.667. The molecule has 1 atom stereocenters. The van der Waals surface area contributed by atoms with E-state index in [9.17, 15) is 9.90 Å². The lowest BCUT2D eigenvalue weighted by Gasteiger charge is -2.29. The van der Waals surface area contributed by atoms with E-state index in [1.807, 2.05) is 13.8 Å². The molecule has 1 heterocycles. The predicted octanol–water partition coefficient (Wildman–Crippen LogP) is 1.28. The van der Waals surface area contributed by atoms with Gasteiger partial charge >= 0.3 is 5.97 Å². The highest BCUT2D eigenvalue weighted by Crippen LogP contribution is 2.34. The van der Waals surface area contributed by atoms with Gasteiger partial charge in [0.2, 0.25) is 0 Å². The van der Waals surface area contributed by atoms with Crippen molar-refractivity contribution in [2.75, 3.05) is 7.11 Å². The molecule has 94 valence electrons. The van der Waals surface area contributed by atoms with E-state index in [0.29, 0.717) is 0 Å². The number of nitrogens with one attached hydrogen (secondary N) is 1. The number of carboxylic acid groups (broad SMARTS) is 1. The molecule has 0 spiro atoms. The van der Waals surface area contributed by atoms with Crippen LogP contribution in [0.15, 0.2) is 0 Å². The number of aromatic nitrogens is 2. The highest BCUT2D eigenvalue weighted by Gasteiger charge is 2.41. The first-order valence-corrected chi connectivity index (χ1v) is 5.80. The summed E-state index contributed by atoms with van der Waals surface area (Å²) >= 11 is 0. The van der Waals surface area contributed by atoms with E-state index >= 15 is 0 Å². The third-order valence-corrected chi connectivity index (χ3v) is 3.53. The summed E-state index contributed by atoms with van der Waals surface area (Å²) in [5, 5.41) is 16.5. The number of aryl methyl sites for hydroxylation is 1. The summed E-state index contributed by atoms with van der Waals surface area (Å²) in [7, 11) is 1.42. The number of aromatic amines is 1. The summed E-state index contributed by atoms with van der Waals surface area (Å²) < 4.78 is 5.11. The number of nitrogens with zero attached hydrogens (tertiary/aromatic N) is 1. The molecule has 2 N–H and O–H groups in total. The summed E-state index contributed by atoms with van der Waals surface area (Å²) in [4.78, 5) is 11.2. The number of carbonyl (C=O) groups is 1. The van der Waals surface area contributed by atoms with Gasteiger partial charge in [0, 0.05) is 18.2 Å². The molecule has 0 aliphatic heterocycles. The lowest BCUT2D eigenvalue weighted by atomic mass is 9.80. The van der Waals surface area contributed by atoms with Crippen molar-refractivity contribution in [1.29, 1.82) is 0 Å². The topological polar surface area (TPSA) is 75.2 Å². The highest BCUT2D eigenvalue weighted by molar-refractivity contribution is 5.74. The Morgan fingerprint density at radius 3 is 2.82 bits per heavy atom. The minimum absolute atomic E-state index is 0.630. The molecule has 5 heteroatoms. The predicted molar refractivity (Wildman–Crippen MR) is 62.1 cm³/mol. The average molecular weight is 238 g/mol. The molecule has 0 bridgehead atoms. The molecule has 1 aromatic rings. The fourth-order valence-electron chi connectivity index (χ4n) is 2.68. The minimum Gasteiger partial charge on any atom is -0.479 e. The number of hydrogen-bond donors (Lipinski definition) is 2. The number of rotatable bonds is 4. The second-order valence-corrected chi connectivity index (χ2v) is 5.06. The summed E-state index contributed by atoms with van der Waals surface area (Å²) in [6.45, 7) is 3.73. The number of carboxylic acids is 1. The molecule has 0 saturated carbocycles. The zero-order valence-corrected chi connectivity index (χ0v) is 10.4. The molecule has 0 amide bonds. The van der Waals surface area contributed by atoms with Gasteiger partial charge in [-0.3, -0.25) is 5.10 Å². The van der Waals surface area contributed by atoms with Gasteiger partial charge in [0.15, 0.2) is 6.10 Å². The Morgan fingerprint density at radius 2 is 2.24 bits per heavy atom. The normalized spacial score (nSPS) is 16.9. The van der Waals surface area contributed by atoms with Crippen molar-refractivity contribution >= 4 is 5.97 Å². The summed E-state index contributed by atoms with van der Waals surface area (Å²) in [6, 6.07) is 0. The van der Waals surface area contributed by atoms with Crippen molar-refractivity contribution in [1.82, 2.24) is 10.2 Å². The first-order chi connectivity index (χ1) is 7.98. The third-order valence-electron chi connectivity index (χ3n) is 3.53. The van der Waals surface area contributed by atoms with Crippen LogP contribution in [-0.4, -0.2) is 34.5 Å². The average Bonchev–Trinajstić information content (AvgIpc) is 2.76. The molecular weight excluding hydrogens is 220 g/mol. The van der Waals surface area contributed by atoms with Crippen molar-refractivity contribution < 1.29 is 14.6 Å². The van der Waals surface area contributed by atoms with Crippen LogP contribution in [0.5, 0.6) is 0 Å². The van der Waals surface area contributed by atoms with Gasteiger partial charge in [0.1, 0.15) is 0 Å². The number of hydrogen-bond acceptors (Lipinski definition) is 3. The summed E-state index contributed by atoms with van der Waals surface area (Å²) in [6.07, 6.45) is 2.21. The van der Waals surface area contributed by atoms with Crippen molar-refractivity contribution in [2.24, 2.45) is 0 Å². The smallest absolute Gasteiger partial charge is 0.333 e. The summed E-state index contributed by atoms with van der Waals surface area (Å²) in [5.74, 6) is -0.952. The Morgan fingerprint density at radius 1 is 1.53 bits per heavy atom. The Bertz CT molecular complexity index is 437. The van der Waals surface area contributed by atoms with Crippen LogP contribution in [0.1, 0.15) is 37.2 Å². The Balaban J connectivity index is 2.40. The number of fused-ring (bicyclic) bond motifs is 1. The highest BCUT2D eigenvalue weighted by atomic mass is 16.5. The SMILES string of the molecule is COC(C(=O)O)C(C)(C)c1n[nH]c2c1CCC2. The van der Waals surface area contributed by atoms with Crippen LogP contribution < -0.4 is 0 Å². The quantitative estimate of drug-likeness (QED) is 0.828. The first kappa shape index (κ1) is 12.1. The second kappa shape index (κ2) is 4.14. The van der Waals surface area contributed by atoms with Gasteiger partial charge in [0.05, 0.1) is 5.69 Å². The van der Waals surface area contributed by atoms with Crippen LogP contribution in [0, 0.1) is 0 Å². The first-order valence-electron chi connectivity index (χ1n) is 5.80. The standard InChI is InChI=1S/C12H18N2O3/c1-12(2,10(17-3)11(15)16)9-7-5-4-6-8(7)13-14-9/h10H,4-6H2,1-3H3,(H,13,14)(H,15,16). The molecule has 0 fully saturated rings. The van der Waals surface area contributed by atoms with Crippen LogP contribution in [0.3, 0.4) is 0 Å². The largest absolute Gasteiger partial charge is 0.479 e. The van der Waals surface area contributed by atoms with Crippen molar-refractivity contribution in [2.45, 2.75) is 44.6 Å². The Kier molecular flexibility index (Phi) is 2.95. The van der Waals surface area contributed by atoms with E-state index in [-0.39, 0.29) is 0 Å².